The molecular formula is C17H11NO3. The third-order valence-corrected chi connectivity index (χ3v) is 3.48. The number of fused-ring (bicyclic) bond motifs is 1. The van der Waals surface area contributed by atoms with E-state index in [2.05, 4.69) is 0 Å². The van der Waals surface area contributed by atoms with Gasteiger partial charge in [0.25, 0.3) is 5.69 Å². The second kappa shape index (κ2) is 5.17. The highest BCUT2D eigenvalue weighted by molar-refractivity contribution is 6.04. The SMILES string of the molecule is O=Cc1ccccc1-c1ccc([N+](=O)[O-])c2ccccc12. The number of carbonyl (C=O) groups is 1. The molecule has 0 saturated carbocycles. The normalized spacial score (nSPS) is 10.5. The minimum Gasteiger partial charge on any atom is -0.298 e. The number of nitro groups is 1. The third kappa shape index (κ3) is 2.17. The number of hydrogen-bond acceptors (Lipinski definition) is 3. The average Bonchev–Trinajstić information content (AvgIpc) is 2.53. The van der Waals surface area contributed by atoms with Crippen LogP contribution in [0.4, 0.5) is 5.69 Å². The summed E-state index contributed by atoms with van der Waals surface area (Å²) in [7, 11) is 0. The maximum atomic E-state index is 11.2. The number of aldehydes is 1. The molecule has 4 heteroatoms. The van der Waals surface area contributed by atoms with Crippen molar-refractivity contribution in [1.82, 2.24) is 0 Å². The summed E-state index contributed by atoms with van der Waals surface area (Å²) in [5.74, 6) is 0. The summed E-state index contributed by atoms with van der Waals surface area (Å²) in [6.07, 6.45) is 0.797. The first kappa shape index (κ1) is 13.0. The second-order valence-corrected chi connectivity index (χ2v) is 4.64. The van der Waals surface area contributed by atoms with Crippen LogP contribution < -0.4 is 0 Å². The topological polar surface area (TPSA) is 60.2 Å². The van der Waals surface area contributed by atoms with Crippen LogP contribution in [0, 0.1) is 10.1 Å². The van der Waals surface area contributed by atoms with Gasteiger partial charge in [0.05, 0.1) is 10.3 Å². The van der Waals surface area contributed by atoms with Crippen molar-refractivity contribution >= 4 is 22.7 Å². The van der Waals surface area contributed by atoms with E-state index in [1.807, 2.05) is 24.3 Å². The molecule has 0 saturated heterocycles. The Balaban J connectivity index is 2.37. The molecule has 0 bridgehead atoms. The Morgan fingerprint density at radius 1 is 0.810 bits per heavy atom. The van der Waals surface area contributed by atoms with Gasteiger partial charge in [0.2, 0.25) is 0 Å². The molecule has 21 heavy (non-hydrogen) atoms. The van der Waals surface area contributed by atoms with Crippen LogP contribution in [0.5, 0.6) is 0 Å². The number of nitrogens with zero attached hydrogens (tertiary/aromatic N) is 1. The van der Waals surface area contributed by atoms with Gasteiger partial charge in [-0.05, 0) is 28.6 Å². The molecule has 0 heterocycles. The van der Waals surface area contributed by atoms with Crippen molar-refractivity contribution in [2.75, 3.05) is 0 Å². The highest BCUT2D eigenvalue weighted by Gasteiger charge is 2.15. The highest BCUT2D eigenvalue weighted by Crippen LogP contribution is 2.35. The molecule has 0 N–H and O–H groups in total. The molecule has 4 nitrogen and oxygen atoms in total. The van der Waals surface area contributed by atoms with E-state index in [9.17, 15) is 14.9 Å². The van der Waals surface area contributed by atoms with Crippen LogP contribution in [0.2, 0.25) is 0 Å². The van der Waals surface area contributed by atoms with Crippen LogP contribution >= 0.6 is 0 Å². The predicted octanol–water partition coefficient (Wildman–Crippen LogP) is 4.23. The maximum absolute atomic E-state index is 11.2. The van der Waals surface area contributed by atoms with Gasteiger partial charge in [-0.2, -0.15) is 0 Å². The van der Waals surface area contributed by atoms with E-state index in [0.29, 0.717) is 10.9 Å². The van der Waals surface area contributed by atoms with Gasteiger partial charge in [0.15, 0.2) is 6.29 Å². The zero-order valence-corrected chi connectivity index (χ0v) is 11.0. The molecule has 0 spiro atoms. The number of benzene rings is 3. The quantitative estimate of drug-likeness (QED) is 0.409. The zero-order chi connectivity index (χ0) is 14.8. The molecule has 0 radical (unpaired) electrons. The van der Waals surface area contributed by atoms with Crippen molar-refractivity contribution in [1.29, 1.82) is 0 Å². The fourth-order valence-electron chi connectivity index (χ4n) is 2.52. The smallest absolute Gasteiger partial charge is 0.277 e. The van der Waals surface area contributed by atoms with Gasteiger partial charge in [-0.1, -0.05) is 42.5 Å². The maximum Gasteiger partial charge on any atom is 0.277 e. The molecule has 0 aromatic heterocycles. The van der Waals surface area contributed by atoms with Crippen LogP contribution in [0.1, 0.15) is 10.4 Å². The van der Waals surface area contributed by atoms with Gasteiger partial charge in [-0.25, -0.2) is 0 Å². The Labute approximate surface area is 120 Å². The van der Waals surface area contributed by atoms with Crippen LogP contribution in [-0.4, -0.2) is 11.2 Å². The summed E-state index contributed by atoms with van der Waals surface area (Å²) < 4.78 is 0. The molecule has 0 atom stereocenters. The van der Waals surface area contributed by atoms with E-state index in [4.69, 9.17) is 0 Å². The van der Waals surface area contributed by atoms with Crippen LogP contribution in [0.15, 0.2) is 60.7 Å². The molecule has 0 unspecified atom stereocenters. The summed E-state index contributed by atoms with van der Waals surface area (Å²) in [4.78, 5) is 21.9. The standard InChI is InChI=1S/C17H11NO3/c19-11-12-5-1-2-6-13(12)15-9-10-17(18(20)21)16-8-4-3-7-14(15)16/h1-11H. The Hall–Kier alpha value is -3.01. The average molecular weight is 277 g/mol. The van der Waals surface area contributed by atoms with Gasteiger partial charge in [0.1, 0.15) is 0 Å². The van der Waals surface area contributed by atoms with Crippen LogP contribution in [0.3, 0.4) is 0 Å². The molecule has 0 aliphatic rings. The Morgan fingerprint density at radius 3 is 2.19 bits per heavy atom. The monoisotopic (exact) mass is 277 g/mol. The van der Waals surface area contributed by atoms with Gasteiger partial charge in [-0.3, -0.25) is 14.9 Å². The van der Waals surface area contributed by atoms with Crippen molar-refractivity contribution in [3.63, 3.8) is 0 Å². The molecule has 102 valence electrons. The number of hydrogen-bond donors (Lipinski definition) is 0. The van der Waals surface area contributed by atoms with E-state index in [-0.39, 0.29) is 5.69 Å². The lowest BCUT2D eigenvalue weighted by molar-refractivity contribution is -0.383. The van der Waals surface area contributed by atoms with Crippen molar-refractivity contribution in [2.24, 2.45) is 0 Å². The number of non-ortho nitro benzene ring substituents is 1. The van der Waals surface area contributed by atoms with Crippen LogP contribution in [0.25, 0.3) is 21.9 Å². The first-order valence-corrected chi connectivity index (χ1v) is 6.43. The summed E-state index contributed by atoms with van der Waals surface area (Å²) in [5.41, 5.74) is 2.23. The van der Waals surface area contributed by atoms with E-state index in [1.165, 1.54) is 6.07 Å². The van der Waals surface area contributed by atoms with E-state index < -0.39 is 4.92 Å². The van der Waals surface area contributed by atoms with E-state index >= 15 is 0 Å². The van der Waals surface area contributed by atoms with Crippen LogP contribution in [-0.2, 0) is 0 Å². The second-order valence-electron chi connectivity index (χ2n) is 4.64. The number of carbonyl (C=O) groups excluding carboxylic acids is 1. The number of nitro benzene ring substituents is 1. The predicted molar refractivity (Wildman–Crippen MR) is 81.4 cm³/mol. The first-order valence-electron chi connectivity index (χ1n) is 6.43. The van der Waals surface area contributed by atoms with E-state index in [0.717, 1.165) is 22.8 Å². The molecule has 3 aromatic rings. The third-order valence-electron chi connectivity index (χ3n) is 3.48. The molecule has 0 aliphatic carbocycles. The summed E-state index contributed by atoms with van der Waals surface area (Å²) in [5, 5.41) is 12.5. The van der Waals surface area contributed by atoms with Crippen molar-refractivity contribution < 1.29 is 9.72 Å². The van der Waals surface area contributed by atoms with Gasteiger partial charge >= 0.3 is 0 Å². The lowest BCUT2D eigenvalue weighted by Gasteiger charge is -2.09. The lowest BCUT2D eigenvalue weighted by atomic mass is 9.94. The van der Waals surface area contributed by atoms with Gasteiger partial charge in [-0.15, -0.1) is 0 Å². The van der Waals surface area contributed by atoms with Gasteiger partial charge in [0, 0.05) is 11.6 Å². The molecule has 0 fully saturated rings. The largest absolute Gasteiger partial charge is 0.298 e. The lowest BCUT2D eigenvalue weighted by Crippen LogP contribution is -1.93. The zero-order valence-electron chi connectivity index (χ0n) is 11.0. The summed E-state index contributed by atoms with van der Waals surface area (Å²) >= 11 is 0. The van der Waals surface area contributed by atoms with Crippen molar-refractivity contribution in [3.05, 3.63) is 76.3 Å². The van der Waals surface area contributed by atoms with Crippen molar-refractivity contribution in [2.45, 2.75) is 0 Å². The molecule has 0 aliphatic heterocycles. The Kier molecular flexibility index (Phi) is 3.20. The molecule has 3 aromatic carbocycles. The fourth-order valence-corrected chi connectivity index (χ4v) is 2.52. The Morgan fingerprint density at radius 2 is 1.48 bits per heavy atom. The van der Waals surface area contributed by atoms with Gasteiger partial charge < -0.3 is 0 Å². The minimum atomic E-state index is -0.391. The molecule has 0 amide bonds. The highest BCUT2D eigenvalue weighted by atomic mass is 16.6. The van der Waals surface area contributed by atoms with E-state index in [1.54, 1.807) is 30.3 Å². The fraction of sp³-hybridized carbons (Fsp3) is 0. The Bertz CT molecular complexity index is 856. The van der Waals surface area contributed by atoms with Crippen molar-refractivity contribution in [3.8, 4) is 11.1 Å². The first-order chi connectivity index (χ1) is 10.2. The summed E-state index contributed by atoms with van der Waals surface area (Å²) in [6.45, 7) is 0. The molecule has 3 rings (SSSR count). The minimum absolute atomic E-state index is 0.0675. The number of rotatable bonds is 3. The molecular weight excluding hydrogens is 266 g/mol. The summed E-state index contributed by atoms with van der Waals surface area (Å²) in [6, 6.07) is 17.6.